The average molecular weight is 243 g/mol. The Balaban J connectivity index is 2.90. The fourth-order valence-corrected chi connectivity index (χ4v) is 1.48. The van der Waals surface area contributed by atoms with Crippen LogP contribution in [-0.4, -0.2) is 34.7 Å². The molecule has 1 heterocycles. The Labute approximate surface area is 99.9 Å². The van der Waals surface area contributed by atoms with E-state index in [0.717, 1.165) is 4.90 Å². The number of amides is 2. The minimum Gasteiger partial charge on any atom is -0.443 e. The molecule has 0 saturated carbocycles. The second-order valence-electron chi connectivity index (χ2n) is 5.23. The zero-order valence-electron chi connectivity index (χ0n) is 10.6. The number of carbonyl (C=O) groups is 3. The fourth-order valence-electron chi connectivity index (χ4n) is 1.48. The molecule has 1 rings (SSSR count). The topological polar surface area (TPSA) is 72.9 Å². The van der Waals surface area contributed by atoms with Crippen molar-refractivity contribution < 1.29 is 23.9 Å². The Morgan fingerprint density at radius 1 is 1.35 bits per heavy atom. The van der Waals surface area contributed by atoms with Gasteiger partial charge < -0.3 is 9.47 Å². The molecular formula is C11H17NO5. The zero-order chi connectivity index (χ0) is 13.4. The van der Waals surface area contributed by atoms with Crippen LogP contribution in [0.15, 0.2) is 0 Å². The third kappa shape index (κ3) is 2.95. The third-order valence-corrected chi connectivity index (χ3v) is 2.13. The van der Waals surface area contributed by atoms with Crippen molar-refractivity contribution in [1.82, 2.24) is 4.90 Å². The van der Waals surface area contributed by atoms with Crippen molar-refractivity contribution >= 4 is 18.2 Å². The van der Waals surface area contributed by atoms with Crippen molar-refractivity contribution in [2.75, 3.05) is 0 Å². The summed E-state index contributed by atoms with van der Waals surface area (Å²) in [7, 11) is 0. The molecule has 0 radical (unpaired) electrons. The molecule has 1 aliphatic rings. The lowest BCUT2D eigenvalue weighted by molar-refractivity contribution is -0.136. The lowest BCUT2D eigenvalue weighted by Crippen LogP contribution is -2.45. The van der Waals surface area contributed by atoms with Gasteiger partial charge in [-0.15, -0.1) is 0 Å². The van der Waals surface area contributed by atoms with Gasteiger partial charge in [-0.25, -0.2) is 14.4 Å². The van der Waals surface area contributed by atoms with Crippen LogP contribution in [0.5, 0.6) is 0 Å². The van der Waals surface area contributed by atoms with E-state index in [1.165, 1.54) is 0 Å². The molecule has 17 heavy (non-hydrogen) atoms. The first-order valence-electron chi connectivity index (χ1n) is 5.41. The summed E-state index contributed by atoms with van der Waals surface area (Å²) in [6, 6.07) is -0.905. The SMILES string of the molecule is CC(C)[C@H]1C(=O)OC(=O)N1C(=O)OC(C)(C)C. The van der Waals surface area contributed by atoms with Crippen LogP contribution in [0, 0.1) is 5.92 Å². The Kier molecular flexibility index (Phi) is 3.45. The molecule has 1 atom stereocenters. The highest BCUT2D eigenvalue weighted by Crippen LogP contribution is 2.23. The molecule has 2 amide bonds. The first-order chi connectivity index (χ1) is 7.63. The van der Waals surface area contributed by atoms with E-state index in [2.05, 4.69) is 4.74 Å². The van der Waals surface area contributed by atoms with Crippen LogP contribution in [0.1, 0.15) is 34.6 Å². The van der Waals surface area contributed by atoms with E-state index in [4.69, 9.17) is 4.74 Å². The van der Waals surface area contributed by atoms with Crippen LogP contribution >= 0.6 is 0 Å². The monoisotopic (exact) mass is 243 g/mol. The maximum atomic E-state index is 11.8. The average Bonchev–Trinajstić information content (AvgIpc) is 2.37. The molecule has 6 nitrogen and oxygen atoms in total. The molecule has 0 unspecified atom stereocenters. The highest BCUT2D eigenvalue weighted by atomic mass is 16.6. The summed E-state index contributed by atoms with van der Waals surface area (Å²) in [5.74, 6) is -0.933. The van der Waals surface area contributed by atoms with Gasteiger partial charge >= 0.3 is 18.2 Å². The number of imide groups is 1. The summed E-state index contributed by atoms with van der Waals surface area (Å²) in [4.78, 5) is 35.3. The Morgan fingerprint density at radius 2 is 1.88 bits per heavy atom. The summed E-state index contributed by atoms with van der Waals surface area (Å²) in [6.45, 7) is 8.49. The number of esters is 1. The second kappa shape index (κ2) is 4.35. The fraction of sp³-hybridized carbons (Fsp3) is 0.727. The number of hydrogen-bond donors (Lipinski definition) is 0. The summed E-state index contributed by atoms with van der Waals surface area (Å²) in [5, 5.41) is 0. The number of cyclic esters (lactones) is 2. The number of rotatable bonds is 1. The molecule has 1 aliphatic heterocycles. The predicted molar refractivity (Wildman–Crippen MR) is 58.2 cm³/mol. The van der Waals surface area contributed by atoms with Crippen LogP contribution in [-0.2, 0) is 14.3 Å². The third-order valence-electron chi connectivity index (χ3n) is 2.13. The molecule has 0 aromatic heterocycles. The summed E-state index contributed by atoms with van der Waals surface area (Å²) >= 11 is 0. The largest absolute Gasteiger partial charge is 0.443 e. The van der Waals surface area contributed by atoms with E-state index >= 15 is 0 Å². The summed E-state index contributed by atoms with van der Waals surface area (Å²) in [6.07, 6.45) is -1.82. The summed E-state index contributed by atoms with van der Waals surface area (Å²) in [5.41, 5.74) is -0.732. The van der Waals surface area contributed by atoms with Gasteiger partial charge in [0.2, 0.25) is 0 Å². The number of nitrogens with zero attached hydrogens (tertiary/aromatic N) is 1. The first kappa shape index (κ1) is 13.5. The quantitative estimate of drug-likeness (QED) is 0.519. The molecule has 1 saturated heterocycles. The van der Waals surface area contributed by atoms with Crippen molar-refractivity contribution in [3.8, 4) is 0 Å². The van der Waals surface area contributed by atoms with Gasteiger partial charge in [-0.05, 0) is 26.7 Å². The summed E-state index contributed by atoms with van der Waals surface area (Å²) < 4.78 is 9.49. The molecule has 0 aromatic rings. The van der Waals surface area contributed by atoms with Crippen LogP contribution in [0.25, 0.3) is 0 Å². The van der Waals surface area contributed by atoms with Gasteiger partial charge in [0.25, 0.3) is 0 Å². The smallest absolute Gasteiger partial charge is 0.427 e. The van der Waals surface area contributed by atoms with Gasteiger partial charge in [0, 0.05) is 0 Å². The number of ether oxygens (including phenoxy) is 2. The van der Waals surface area contributed by atoms with Gasteiger partial charge in [-0.2, -0.15) is 4.90 Å². The van der Waals surface area contributed by atoms with Crippen molar-refractivity contribution in [2.45, 2.75) is 46.3 Å². The van der Waals surface area contributed by atoms with E-state index in [1.807, 2.05) is 0 Å². The van der Waals surface area contributed by atoms with Crippen LogP contribution in [0.4, 0.5) is 9.59 Å². The van der Waals surface area contributed by atoms with Crippen molar-refractivity contribution in [3.63, 3.8) is 0 Å². The van der Waals surface area contributed by atoms with E-state index < -0.39 is 29.8 Å². The highest BCUT2D eigenvalue weighted by Gasteiger charge is 2.48. The van der Waals surface area contributed by atoms with Gasteiger partial charge in [-0.3, -0.25) is 0 Å². The van der Waals surface area contributed by atoms with Crippen LogP contribution < -0.4 is 0 Å². The molecular weight excluding hydrogens is 226 g/mol. The van der Waals surface area contributed by atoms with Crippen LogP contribution in [0.2, 0.25) is 0 Å². The standard InChI is InChI=1S/C11H17NO5/c1-6(2)7-8(13)16-9(14)12(7)10(15)17-11(3,4)5/h6-7H,1-5H3/t7-/m0/s1. The highest BCUT2D eigenvalue weighted by molar-refractivity contribution is 6.03. The minimum absolute atomic E-state index is 0.221. The normalized spacial score (nSPS) is 20.8. The van der Waals surface area contributed by atoms with E-state index in [0.29, 0.717) is 0 Å². The first-order valence-corrected chi connectivity index (χ1v) is 5.41. The molecule has 0 bridgehead atoms. The van der Waals surface area contributed by atoms with Gasteiger partial charge in [0.1, 0.15) is 11.6 Å². The molecule has 6 heteroatoms. The van der Waals surface area contributed by atoms with Gasteiger partial charge in [-0.1, -0.05) is 13.8 Å². The van der Waals surface area contributed by atoms with E-state index in [-0.39, 0.29) is 5.92 Å². The molecule has 0 aliphatic carbocycles. The molecule has 0 spiro atoms. The lowest BCUT2D eigenvalue weighted by atomic mass is 10.0. The van der Waals surface area contributed by atoms with Crippen molar-refractivity contribution in [2.24, 2.45) is 5.92 Å². The number of hydrogen-bond acceptors (Lipinski definition) is 5. The lowest BCUT2D eigenvalue weighted by Gasteiger charge is -2.25. The maximum Gasteiger partial charge on any atom is 0.427 e. The van der Waals surface area contributed by atoms with Gasteiger partial charge in [0.15, 0.2) is 0 Å². The Bertz CT molecular complexity index is 355. The predicted octanol–water partition coefficient (Wildman–Crippen LogP) is 1.92. The maximum absolute atomic E-state index is 11.8. The molecule has 96 valence electrons. The van der Waals surface area contributed by atoms with Crippen molar-refractivity contribution in [3.05, 3.63) is 0 Å². The van der Waals surface area contributed by atoms with E-state index in [1.54, 1.807) is 34.6 Å². The van der Waals surface area contributed by atoms with Gasteiger partial charge in [0.05, 0.1) is 0 Å². The number of carbonyl (C=O) groups excluding carboxylic acids is 3. The van der Waals surface area contributed by atoms with Crippen LogP contribution in [0.3, 0.4) is 0 Å². The van der Waals surface area contributed by atoms with Crippen molar-refractivity contribution in [1.29, 1.82) is 0 Å². The molecule has 0 aromatic carbocycles. The Hall–Kier alpha value is -1.59. The Morgan fingerprint density at radius 3 is 2.29 bits per heavy atom. The molecule has 1 fully saturated rings. The zero-order valence-corrected chi connectivity index (χ0v) is 10.6. The second-order valence-corrected chi connectivity index (χ2v) is 5.23. The minimum atomic E-state index is -0.969. The molecule has 0 N–H and O–H groups in total. The van der Waals surface area contributed by atoms with E-state index in [9.17, 15) is 14.4 Å².